The van der Waals surface area contributed by atoms with Gasteiger partial charge >= 0.3 is 6.36 Å². The summed E-state index contributed by atoms with van der Waals surface area (Å²) in [6.45, 7) is 4.91. The maximum absolute atomic E-state index is 13.1. The van der Waals surface area contributed by atoms with E-state index in [1.165, 1.54) is 12.1 Å². The Morgan fingerprint density at radius 1 is 1.06 bits per heavy atom. The van der Waals surface area contributed by atoms with Gasteiger partial charge in [-0.25, -0.2) is 4.98 Å². The highest BCUT2D eigenvalue weighted by Gasteiger charge is 2.32. The van der Waals surface area contributed by atoms with Gasteiger partial charge < -0.3 is 14.5 Å². The lowest BCUT2D eigenvalue weighted by Crippen LogP contribution is -2.52. The van der Waals surface area contributed by atoms with E-state index in [1.54, 1.807) is 30.7 Å². The average Bonchev–Trinajstić information content (AvgIpc) is 2.80. The van der Waals surface area contributed by atoms with E-state index >= 15 is 0 Å². The number of carbonyl (C=O) groups is 1. The first-order chi connectivity index (χ1) is 15.4. The lowest BCUT2D eigenvalue weighted by molar-refractivity contribution is -0.274. The molecule has 2 aliphatic rings. The number of alkyl halides is 3. The number of piperidine rings is 1. The van der Waals surface area contributed by atoms with Crippen LogP contribution in [0.25, 0.3) is 0 Å². The Morgan fingerprint density at radius 2 is 1.81 bits per heavy atom. The molecular formula is C22H26F3N5O2. The Hall–Kier alpha value is -2.88. The Balaban J connectivity index is 1.26. The highest BCUT2D eigenvalue weighted by molar-refractivity contribution is 5.80. The number of rotatable bonds is 5. The zero-order chi connectivity index (χ0) is 22.6. The SMILES string of the molecule is O=C([C@@H]1CCCN(c2cnccn2)C1)N1CCN(Cc2ccc(OC(F)(F)F)cc2)CC1. The number of aromatic nitrogens is 2. The predicted molar refractivity (Wildman–Crippen MR) is 112 cm³/mol. The first-order valence-corrected chi connectivity index (χ1v) is 10.7. The van der Waals surface area contributed by atoms with Crippen LogP contribution < -0.4 is 9.64 Å². The fourth-order valence-electron chi connectivity index (χ4n) is 4.28. The van der Waals surface area contributed by atoms with Crippen LogP contribution in [0.5, 0.6) is 5.75 Å². The Kier molecular flexibility index (Phi) is 6.78. The van der Waals surface area contributed by atoms with Gasteiger partial charge in [0.05, 0.1) is 12.1 Å². The zero-order valence-electron chi connectivity index (χ0n) is 17.7. The maximum Gasteiger partial charge on any atom is 0.573 e. The van der Waals surface area contributed by atoms with Crippen LogP contribution in [-0.2, 0) is 11.3 Å². The largest absolute Gasteiger partial charge is 0.573 e. The second-order valence-corrected chi connectivity index (χ2v) is 8.14. The van der Waals surface area contributed by atoms with Crippen molar-refractivity contribution in [1.82, 2.24) is 19.8 Å². The van der Waals surface area contributed by atoms with Gasteiger partial charge in [0.15, 0.2) is 0 Å². The zero-order valence-corrected chi connectivity index (χ0v) is 17.7. The third-order valence-electron chi connectivity index (χ3n) is 5.89. The van der Waals surface area contributed by atoms with Crippen molar-refractivity contribution >= 4 is 11.7 Å². The molecule has 32 heavy (non-hydrogen) atoms. The van der Waals surface area contributed by atoms with Crippen LogP contribution in [0.1, 0.15) is 18.4 Å². The lowest BCUT2D eigenvalue weighted by atomic mass is 9.96. The summed E-state index contributed by atoms with van der Waals surface area (Å²) < 4.78 is 40.8. The van der Waals surface area contributed by atoms with Gasteiger partial charge in [0, 0.05) is 58.2 Å². The van der Waals surface area contributed by atoms with Crippen LogP contribution in [0.15, 0.2) is 42.9 Å². The second kappa shape index (κ2) is 9.72. The van der Waals surface area contributed by atoms with E-state index in [-0.39, 0.29) is 17.6 Å². The van der Waals surface area contributed by atoms with Gasteiger partial charge in [0.1, 0.15) is 11.6 Å². The molecule has 2 saturated heterocycles. The highest BCUT2D eigenvalue weighted by atomic mass is 19.4. The van der Waals surface area contributed by atoms with E-state index in [0.717, 1.165) is 43.9 Å². The average molecular weight is 449 g/mol. The van der Waals surface area contributed by atoms with Crippen molar-refractivity contribution in [2.45, 2.75) is 25.7 Å². The van der Waals surface area contributed by atoms with Crippen molar-refractivity contribution in [1.29, 1.82) is 0 Å². The molecule has 10 heteroatoms. The van der Waals surface area contributed by atoms with Crippen LogP contribution in [0.2, 0.25) is 0 Å². The summed E-state index contributed by atoms with van der Waals surface area (Å²) >= 11 is 0. The van der Waals surface area contributed by atoms with Crippen LogP contribution >= 0.6 is 0 Å². The molecule has 0 bridgehead atoms. The number of anilines is 1. The van der Waals surface area contributed by atoms with Gasteiger partial charge in [-0.05, 0) is 30.5 Å². The van der Waals surface area contributed by atoms with Crippen molar-refractivity contribution in [2.75, 3.05) is 44.2 Å². The van der Waals surface area contributed by atoms with Crippen molar-refractivity contribution in [3.05, 3.63) is 48.4 Å². The fraction of sp³-hybridized carbons (Fsp3) is 0.500. The molecule has 0 spiro atoms. The van der Waals surface area contributed by atoms with Crippen molar-refractivity contribution in [3.63, 3.8) is 0 Å². The van der Waals surface area contributed by atoms with Crippen molar-refractivity contribution in [3.8, 4) is 5.75 Å². The molecule has 0 saturated carbocycles. The minimum Gasteiger partial charge on any atom is -0.406 e. The summed E-state index contributed by atoms with van der Waals surface area (Å²) in [4.78, 5) is 27.8. The number of hydrogen-bond donors (Lipinski definition) is 0. The molecule has 1 amide bonds. The summed E-state index contributed by atoms with van der Waals surface area (Å²) in [6, 6.07) is 5.94. The van der Waals surface area contributed by atoms with E-state index in [9.17, 15) is 18.0 Å². The number of hydrogen-bond acceptors (Lipinski definition) is 6. The summed E-state index contributed by atoms with van der Waals surface area (Å²) in [5, 5.41) is 0. The van der Waals surface area contributed by atoms with E-state index in [1.807, 2.05) is 4.90 Å². The number of nitrogens with zero attached hydrogens (tertiary/aromatic N) is 5. The van der Waals surface area contributed by atoms with Crippen LogP contribution in [0, 0.1) is 5.92 Å². The summed E-state index contributed by atoms with van der Waals surface area (Å²) in [7, 11) is 0. The van der Waals surface area contributed by atoms with Gasteiger partial charge in [-0.3, -0.25) is 14.7 Å². The minimum absolute atomic E-state index is 0.0431. The molecule has 4 rings (SSSR count). The van der Waals surface area contributed by atoms with Crippen LogP contribution in [0.3, 0.4) is 0 Å². The molecule has 0 unspecified atom stereocenters. The molecule has 2 aromatic rings. The van der Waals surface area contributed by atoms with E-state index < -0.39 is 6.36 Å². The Bertz CT molecular complexity index is 887. The Labute approximate surface area is 184 Å². The standard InChI is InChI=1S/C22H26F3N5O2/c23-22(24,25)32-19-5-3-17(4-6-19)15-28-10-12-29(13-11-28)21(31)18-2-1-9-30(16-18)20-14-26-7-8-27-20/h3-8,14,18H,1-2,9-13,15-16H2/t18-/m1/s1. The highest BCUT2D eigenvalue weighted by Crippen LogP contribution is 2.25. The minimum atomic E-state index is -4.69. The third kappa shape index (κ3) is 5.87. The maximum atomic E-state index is 13.1. The van der Waals surface area contributed by atoms with Crippen molar-refractivity contribution in [2.24, 2.45) is 5.92 Å². The number of piperazine rings is 1. The monoisotopic (exact) mass is 449 g/mol. The number of halogens is 3. The molecule has 2 aliphatic heterocycles. The summed E-state index contributed by atoms with van der Waals surface area (Å²) in [5.74, 6) is 0.728. The molecule has 0 N–H and O–H groups in total. The molecular weight excluding hydrogens is 423 g/mol. The smallest absolute Gasteiger partial charge is 0.406 e. The molecule has 7 nitrogen and oxygen atoms in total. The molecule has 172 valence electrons. The fourth-order valence-corrected chi connectivity index (χ4v) is 4.28. The van der Waals surface area contributed by atoms with Crippen molar-refractivity contribution < 1.29 is 22.7 Å². The molecule has 0 radical (unpaired) electrons. The predicted octanol–water partition coefficient (Wildman–Crippen LogP) is 2.94. The number of ether oxygens (including phenoxy) is 1. The molecule has 1 aromatic heterocycles. The van der Waals surface area contributed by atoms with Gasteiger partial charge in [-0.1, -0.05) is 12.1 Å². The second-order valence-electron chi connectivity index (χ2n) is 8.14. The normalized spacial score (nSPS) is 20.3. The molecule has 1 atom stereocenters. The van der Waals surface area contributed by atoms with Gasteiger partial charge in [0.25, 0.3) is 0 Å². The number of benzene rings is 1. The summed E-state index contributed by atoms with van der Waals surface area (Å²) in [5.41, 5.74) is 0.909. The van der Waals surface area contributed by atoms with Gasteiger partial charge in [-0.15, -0.1) is 13.2 Å². The first-order valence-electron chi connectivity index (χ1n) is 10.7. The van der Waals surface area contributed by atoms with E-state index in [0.29, 0.717) is 26.2 Å². The van der Waals surface area contributed by atoms with E-state index in [2.05, 4.69) is 24.5 Å². The molecule has 0 aliphatic carbocycles. The number of carbonyl (C=O) groups excluding carboxylic acids is 1. The lowest BCUT2D eigenvalue weighted by Gasteiger charge is -2.39. The topological polar surface area (TPSA) is 61.8 Å². The quantitative estimate of drug-likeness (QED) is 0.700. The Morgan fingerprint density at radius 3 is 2.47 bits per heavy atom. The van der Waals surface area contributed by atoms with E-state index in [4.69, 9.17) is 0 Å². The third-order valence-corrected chi connectivity index (χ3v) is 5.89. The molecule has 1 aromatic carbocycles. The van der Waals surface area contributed by atoms with Gasteiger partial charge in [-0.2, -0.15) is 0 Å². The first kappa shape index (κ1) is 22.3. The van der Waals surface area contributed by atoms with Gasteiger partial charge in [0.2, 0.25) is 5.91 Å². The summed E-state index contributed by atoms with van der Waals surface area (Å²) in [6.07, 6.45) is 2.17. The molecule has 3 heterocycles. The van der Waals surface area contributed by atoms with Crippen LogP contribution in [-0.4, -0.2) is 71.3 Å². The molecule has 2 fully saturated rings. The number of amides is 1. The van der Waals surface area contributed by atoms with Crippen LogP contribution in [0.4, 0.5) is 19.0 Å².